The lowest BCUT2D eigenvalue weighted by Gasteiger charge is -2.10. The molecule has 0 fully saturated rings. The third-order valence-electron chi connectivity index (χ3n) is 2.80. The molecule has 0 aliphatic carbocycles. The minimum Gasteiger partial charge on any atom is -0.508 e. The first-order chi connectivity index (χ1) is 9.54. The van der Waals surface area contributed by atoms with Crippen molar-refractivity contribution in [2.24, 2.45) is 0 Å². The quantitative estimate of drug-likeness (QED) is 0.753. The molecule has 104 valence electrons. The van der Waals surface area contributed by atoms with E-state index in [1.165, 1.54) is 18.2 Å². The van der Waals surface area contributed by atoms with Crippen LogP contribution in [0.2, 0.25) is 0 Å². The molecule has 0 unspecified atom stereocenters. The normalized spacial score (nSPS) is 10.1. The highest BCUT2D eigenvalue weighted by molar-refractivity contribution is 5.90. The Kier molecular flexibility index (Phi) is 4.20. The van der Waals surface area contributed by atoms with Gasteiger partial charge in [0.15, 0.2) is 0 Å². The zero-order chi connectivity index (χ0) is 14.5. The van der Waals surface area contributed by atoms with Crippen LogP contribution in [0, 0.1) is 12.7 Å². The molecule has 2 amide bonds. The van der Waals surface area contributed by atoms with Gasteiger partial charge in [-0.25, -0.2) is 9.18 Å². The van der Waals surface area contributed by atoms with E-state index in [0.717, 1.165) is 5.56 Å². The summed E-state index contributed by atoms with van der Waals surface area (Å²) in [4.78, 5) is 11.7. The highest BCUT2D eigenvalue weighted by Crippen LogP contribution is 2.19. The Morgan fingerprint density at radius 3 is 2.75 bits per heavy atom. The maximum absolute atomic E-state index is 13.0. The van der Waals surface area contributed by atoms with Gasteiger partial charge in [0, 0.05) is 12.2 Å². The maximum atomic E-state index is 13.0. The summed E-state index contributed by atoms with van der Waals surface area (Å²) in [6.45, 7) is 2.02. The first-order valence-electron chi connectivity index (χ1n) is 6.13. The summed E-state index contributed by atoms with van der Waals surface area (Å²) in [7, 11) is 0. The molecule has 2 aromatic rings. The molecule has 0 bridgehead atoms. The Balaban J connectivity index is 1.92. The molecule has 0 saturated heterocycles. The van der Waals surface area contributed by atoms with Crippen LogP contribution in [-0.2, 0) is 6.54 Å². The summed E-state index contributed by atoms with van der Waals surface area (Å²) in [5.74, 6) is -0.188. The van der Waals surface area contributed by atoms with Crippen LogP contribution in [0.4, 0.5) is 14.9 Å². The molecular formula is C15H15FN2O2. The minimum atomic E-state index is -0.386. The lowest BCUT2D eigenvalue weighted by atomic mass is 10.2. The van der Waals surface area contributed by atoms with Crippen LogP contribution in [-0.4, -0.2) is 11.1 Å². The van der Waals surface area contributed by atoms with Crippen molar-refractivity contribution in [2.75, 3.05) is 5.32 Å². The molecule has 0 heterocycles. The number of phenols is 1. The topological polar surface area (TPSA) is 61.4 Å². The molecule has 0 saturated carbocycles. The number of hydrogen-bond acceptors (Lipinski definition) is 2. The summed E-state index contributed by atoms with van der Waals surface area (Å²) >= 11 is 0. The van der Waals surface area contributed by atoms with Gasteiger partial charge in [-0.15, -0.1) is 0 Å². The van der Waals surface area contributed by atoms with Crippen molar-refractivity contribution in [2.45, 2.75) is 13.5 Å². The lowest BCUT2D eigenvalue weighted by molar-refractivity contribution is 0.251. The molecule has 0 atom stereocenters. The molecular weight excluding hydrogens is 259 g/mol. The number of amides is 2. The summed E-state index contributed by atoms with van der Waals surface area (Å²) in [6, 6.07) is 10.3. The molecule has 0 aliphatic rings. The van der Waals surface area contributed by atoms with E-state index < -0.39 is 0 Å². The number of nitrogens with one attached hydrogen (secondary N) is 2. The largest absolute Gasteiger partial charge is 0.508 e. The van der Waals surface area contributed by atoms with Crippen molar-refractivity contribution in [3.63, 3.8) is 0 Å². The number of rotatable bonds is 3. The van der Waals surface area contributed by atoms with E-state index >= 15 is 0 Å². The van der Waals surface area contributed by atoms with E-state index in [-0.39, 0.29) is 24.1 Å². The van der Waals surface area contributed by atoms with Crippen molar-refractivity contribution in [3.8, 4) is 5.75 Å². The van der Waals surface area contributed by atoms with E-state index in [4.69, 9.17) is 0 Å². The maximum Gasteiger partial charge on any atom is 0.319 e. The van der Waals surface area contributed by atoms with Crippen LogP contribution in [0.5, 0.6) is 5.75 Å². The number of carbonyl (C=O) groups excluding carboxylic acids is 1. The fourth-order valence-corrected chi connectivity index (χ4v) is 1.78. The van der Waals surface area contributed by atoms with E-state index in [1.807, 2.05) is 0 Å². The van der Waals surface area contributed by atoms with Gasteiger partial charge in [-0.3, -0.25) is 0 Å². The molecule has 0 spiro atoms. The lowest BCUT2D eigenvalue weighted by Crippen LogP contribution is -2.28. The Morgan fingerprint density at radius 2 is 2.05 bits per heavy atom. The number of halogens is 1. The van der Waals surface area contributed by atoms with Gasteiger partial charge in [0.2, 0.25) is 0 Å². The van der Waals surface area contributed by atoms with Crippen LogP contribution in [0.1, 0.15) is 11.1 Å². The van der Waals surface area contributed by atoms with Crippen molar-refractivity contribution >= 4 is 11.7 Å². The van der Waals surface area contributed by atoms with E-state index in [9.17, 15) is 14.3 Å². The predicted octanol–water partition coefficient (Wildman–Crippen LogP) is 3.16. The third kappa shape index (κ3) is 3.71. The van der Waals surface area contributed by atoms with Crippen molar-refractivity contribution in [1.29, 1.82) is 0 Å². The Hall–Kier alpha value is -2.56. The van der Waals surface area contributed by atoms with Crippen molar-refractivity contribution < 1.29 is 14.3 Å². The van der Waals surface area contributed by atoms with Gasteiger partial charge in [0.1, 0.15) is 11.6 Å². The highest BCUT2D eigenvalue weighted by Gasteiger charge is 2.05. The molecule has 2 aromatic carbocycles. The van der Waals surface area contributed by atoms with Gasteiger partial charge in [-0.2, -0.15) is 0 Å². The summed E-state index contributed by atoms with van der Waals surface area (Å²) in [6.07, 6.45) is 0. The van der Waals surface area contributed by atoms with E-state index in [2.05, 4.69) is 10.6 Å². The summed E-state index contributed by atoms with van der Waals surface area (Å²) in [5, 5.41) is 14.6. The van der Waals surface area contributed by atoms with Crippen LogP contribution in [0.3, 0.4) is 0 Å². The molecule has 0 radical (unpaired) electrons. The SMILES string of the molecule is Cc1cc(O)ccc1NC(=O)NCc1cccc(F)c1. The van der Waals surface area contributed by atoms with Crippen LogP contribution in [0.25, 0.3) is 0 Å². The first kappa shape index (κ1) is 13.9. The third-order valence-corrected chi connectivity index (χ3v) is 2.80. The molecule has 4 nitrogen and oxygen atoms in total. The van der Waals surface area contributed by atoms with Gasteiger partial charge in [-0.05, 0) is 48.4 Å². The average molecular weight is 274 g/mol. The summed E-state index contributed by atoms with van der Waals surface area (Å²) < 4.78 is 13.0. The number of phenolic OH excluding ortho intramolecular Hbond substituents is 1. The predicted molar refractivity (Wildman–Crippen MR) is 75.1 cm³/mol. The number of anilines is 1. The number of aromatic hydroxyl groups is 1. The molecule has 20 heavy (non-hydrogen) atoms. The Bertz CT molecular complexity index is 629. The minimum absolute atomic E-state index is 0.146. The monoisotopic (exact) mass is 274 g/mol. The zero-order valence-electron chi connectivity index (χ0n) is 11.0. The van der Waals surface area contributed by atoms with E-state index in [1.54, 1.807) is 31.2 Å². The van der Waals surface area contributed by atoms with Crippen molar-refractivity contribution in [3.05, 3.63) is 59.4 Å². The van der Waals surface area contributed by atoms with Gasteiger partial charge >= 0.3 is 6.03 Å². The van der Waals surface area contributed by atoms with E-state index in [0.29, 0.717) is 11.3 Å². The Labute approximate surface area is 116 Å². The second kappa shape index (κ2) is 6.06. The average Bonchev–Trinajstić information content (AvgIpc) is 2.40. The van der Waals surface area contributed by atoms with Gasteiger partial charge in [0.25, 0.3) is 0 Å². The molecule has 2 rings (SSSR count). The van der Waals surface area contributed by atoms with Crippen LogP contribution < -0.4 is 10.6 Å². The smallest absolute Gasteiger partial charge is 0.319 e. The van der Waals surface area contributed by atoms with Crippen LogP contribution in [0.15, 0.2) is 42.5 Å². The molecule has 0 aliphatic heterocycles. The number of benzene rings is 2. The number of hydrogen-bond donors (Lipinski definition) is 3. The second-order valence-electron chi connectivity index (χ2n) is 4.44. The fourth-order valence-electron chi connectivity index (χ4n) is 1.78. The Morgan fingerprint density at radius 1 is 1.25 bits per heavy atom. The van der Waals surface area contributed by atoms with Crippen molar-refractivity contribution in [1.82, 2.24) is 5.32 Å². The summed E-state index contributed by atoms with van der Waals surface area (Å²) in [5.41, 5.74) is 2.05. The molecule has 0 aromatic heterocycles. The molecule has 3 N–H and O–H groups in total. The number of urea groups is 1. The zero-order valence-corrected chi connectivity index (χ0v) is 11.0. The fraction of sp³-hybridized carbons (Fsp3) is 0.133. The van der Waals surface area contributed by atoms with Crippen LogP contribution >= 0.6 is 0 Å². The van der Waals surface area contributed by atoms with Gasteiger partial charge in [0.05, 0.1) is 0 Å². The first-order valence-corrected chi connectivity index (χ1v) is 6.13. The van der Waals surface area contributed by atoms with Gasteiger partial charge in [-0.1, -0.05) is 12.1 Å². The number of carbonyl (C=O) groups is 1. The standard InChI is InChI=1S/C15H15FN2O2/c1-10-7-13(19)5-6-14(10)18-15(20)17-9-11-3-2-4-12(16)8-11/h2-8,19H,9H2,1H3,(H2,17,18,20). The van der Waals surface area contributed by atoms with Gasteiger partial charge < -0.3 is 15.7 Å². The molecule has 5 heteroatoms. The number of aryl methyl sites for hydroxylation is 1. The second-order valence-corrected chi connectivity index (χ2v) is 4.44. The highest BCUT2D eigenvalue weighted by atomic mass is 19.1.